The van der Waals surface area contributed by atoms with Crippen molar-refractivity contribution in [3.05, 3.63) is 76.8 Å². The Kier molecular flexibility index (Phi) is 7.02. The predicted molar refractivity (Wildman–Crippen MR) is 139 cm³/mol. The molecule has 0 spiro atoms. The lowest BCUT2D eigenvalue weighted by Crippen LogP contribution is -2.16. The standard InChI is InChI=1S/C25H24ClN3O4S2/c1-25(2,3)16-11-13-17(14-12-16)35(30,31)29-24-21(33-19-9-6-5-8-18(19)32-4)22(26)27-23(28-24)20-10-7-15-34-20/h5-15H,1-4H3,(H,27,28,29). The molecule has 2 heterocycles. The normalized spacial score (nSPS) is 11.8. The third kappa shape index (κ3) is 5.58. The first kappa shape index (κ1) is 25.0. The minimum Gasteiger partial charge on any atom is -0.493 e. The van der Waals surface area contributed by atoms with Crippen molar-refractivity contribution in [2.45, 2.75) is 31.1 Å². The van der Waals surface area contributed by atoms with Crippen molar-refractivity contribution in [3.63, 3.8) is 0 Å². The van der Waals surface area contributed by atoms with Gasteiger partial charge in [0.25, 0.3) is 10.0 Å². The predicted octanol–water partition coefficient (Wildman–Crippen LogP) is 6.76. The topological polar surface area (TPSA) is 90.4 Å². The highest BCUT2D eigenvalue weighted by Crippen LogP contribution is 2.40. The Balaban J connectivity index is 1.78. The minimum atomic E-state index is -4.02. The van der Waals surface area contributed by atoms with Crippen LogP contribution in [0.15, 0.2) is 70.9 Å². The molecule has 0 aliphatic rings. The molecule has 0 radical (unpaired) electrons. The third-order valence-electron chi connectivity index (χ3n) is 5.11. The molecule has 0 saturated carbocycles. The van der Waals surface area contributed by atoms with Gasteiger partial charge in [0.15, 0.2) is 28.3 Å². The van der Waals surface area contributed by atoms with Crippen LogP contribution in [-0.4, -0.2) is 25.5 Å². The Bertz CT molecular complexity index is 1430. The van der Waals surface area contributed by atoms with E-state index < -0.39 is 10.0 Å². The van der Waals surface area contributed by atoms with Crippen LogP contribution in [0.1, 0.15) is 26.3 Å². The lowest BCUT2D eigenvalue weighted by Gasteiger charge is -2.19. The van der Waals surface area contributed by atoms with Crippen molar-refractivity contribution in [2.24, 2.45) is 0 Å². The highest BCUT2D eigenvalue weighted by atomic mass is 35.5. The van der Waals surface area contributed by atoms with Gasteiger partial charge < -0.3 is 9.47 Å². The van der Waals surface area contributed by atoms with E-state index in [2.05, 4.69) is 35.5 Å². The number of aromatic nitrogens is 2. The molecule has 0 aliphatic heterocycles. The van der Waals surface area contributed by atoms with Gasteiger partial charge in [0.05, 0.1) is 16.9 Å². The zero-order chi connectivity index (χ0) is 25.2. The van der Waals surface area contributed by atoms with Crippen LogP contribution in [0.4, 0.5) is 5.82 Å². The maximum atomic E-state index is 13.3. The van der Waals surface area contributed by atoms with E-state index in [0.29, 0.717) is 11.5 Å². The van der Waals surface area contributed by atoms with Crippen LogP contribution in [0.2, 0.25) is 5.15 Å². The van der Waals surface area contributed by atoms with Crippen molar-refractivity contribution >= 4 is 38.8 Å². The average molecular weight is 530 g/mol. The maximum Gasteiger partial charge on any atom is 0.263 e. The SMILES string of the molecule is COc1ccccc1Oc1c(Cl)nc(-c2cccs2)nc1NS(=O)(=O)c1ccc(C(C)(C)C)cc1. The second-order valence-electron chi connectivity index (χ2n) is 8.63. The van der Waals surface area contributed by atoms with E-state index in [4.69, 9.17) is 21.1 Å². The van der Waals surface area contributed by atoms with E-state index in [1.807, 2.05) is 17.5 Å². The minimum absolute atomic E-state index is 0.0358. The first-order valence-electron chi connectivity index (χ1n) is 10.6. The number of nitrogens with zero attached hydrogens (tertiary/aromatic N) is 2. The molecule has 2 aromatic carbocycles. The Morgan fingerprint density at radius 2 is 1.63 bits per heavy atom. The van der Waals surface area contributed by atoms with Gasteiger partial charge in [-0.25, -0.2) is 18.4 Å². The van der Waals surface area contributed by atoms with E-state index in [1.165, 1.54) is 18.4 Å². The largest absolute Gasteiger partial charge is 0.493 e. The van der Waals surface area contributed by atoms with Gasteiger partial charge in [0.2, 0.25) is 5.75 Å². The molecule has 182 valence electrons. The Hall–Kier alpha value is -3.14. The van der Waals surface area contributed by atoms with E-state index >= 15 is 0 Å². The van der Waals surface area contributed by atoms with Crippen LogP contribution >= 0.6 is 22.9 Å². The van der Waals surface area contributed by atoms with Gasteiger partial charge in [0, 0.05) is 0 Å². The molecule has 0 saturated heterocycles. The molecule has 0 bridgehead atoms. The summed E-state index contributed by atoms with van der Waals surface area (Å²) in [7, 11) is -2.51. The van der Waals surface area contributed by atoms with Gasteiger partial charge in [-0.05, 0) is 46.7 Å². The summed E-state index contributed by atoms with van der Waals surface area (Å²) in [6.45, 7) is 6.18. The second-order valence-corrected chi connectivity index (χ2v) is 11.6. The van der Waals surface area contributed by atoms with Crippen LogP contribution in [0.25, 0.3) is 10.7 Å². The molecule has 0 unspecified atom stereocenters. The third-order valence-corrected chi connectivity index (χ3v) is 7.59. The van der Waals surface area contributed by atoms with Crippen molar-refractivity contribution < 1.29 is 17.9 Å². The van der Waals surface area contributed by atoms with Crippen LogP contribution in [0.5, 0.6) is 17.2 Å². The van der Waals surface area contributed by atoms with Gasteiger partial charge in [-0.1, -0.05) is 62.7 Å². The van der Waals surface area contributed by atoms with Crippen LogP contribution in [-0.2, 0) is 15.4 Å². The van der Waals surface area contributed by atoms with Crippen LogP contribution in [0, 0.1) is 0 Å². The fourth-order valence-corrected chi connectivity index (χ4v) is 5.10. The molecule has 0 fully saturated rings. The molecular weight excluding hydrogens is 506 g/mol. The Morgan fingerprint density at radius 3 is 2.23 bits per heavy atom. The number of anilines is 1. The summed E-state index contributed by atoms with van der Waals surface area (Å²) in [5, 5.41) is 1.82. The summed E-state index contributed by atoms with van der Waals surface area (Å²) in [6.07, 6.45) is 0. The molecule has 0 aliphatic carbocycles. The summed E-state index contributed by atoms with van der Waals surface area (Å²) >= 11 is 7.90. The molecular formula is C25H24ClN3O4S2. The van der Waals surface area contributed by atoms with Crippen LogP contribution < -0.4 is 14.2 Å². The quantitative estimate of drug-likeness (QED) is 0.266. The number of hydrogen-bond acceptors (Lipinski definition) is 7. The van der Waals surface area contributed by atoms with Gasteiger partial charge >= 0.3 is 0 Å². The number of hydrogen-bond donors (Lipinski definition) is 1. The molecule has 4 aromatic rings. The molecule has 7 nitrogen and oxygen atoms in total. The van der Waals surface area contributed by atoms with E-state index in [-0.39, 0.29) is 32.9 Å². The highest BCUT2D eigenvalue weighted by Gasteiger charge is 2.24. The number of halogens is 1. The Morgan fingerprint density at radius 1 is 0.943 bits per heavy atom. The molecule has 1 N–H and O–H groups in total. The van der Waals surface area contributed by atoms with Gasteiger partial charge in [-0.2, -0.15) is 0 Å². The van der Waals surface area contributed by atoms with Crippen molar-refractivity contribution in [2.75, 3.05) is 11.8 Å². The van der Waals surface area contributed by atoms with Crippen molar-refractivity contribution in [1.29, 1.82) is 0 Å². The Labute approximate surface area is 213 Å². The zero-order valence-electron chi connectivity index (χ0n) is 19.6. The number of ether oxygens (including phenoxy) is 2. The summed E-state index contributed by atoms with van der Waals surface area (Å²) < 4.78 is 40.5. The molecule has 2 aromatic heterocycles. The monoisotopic (exact) mass is 529 g/mol. The fourth-order valence-electron chi connectivity index (χ4n) is 3.23. The summed E-state index contributed by atoms with van der Waals surface area (Å²) in [4.78, 5) is 9.60. The molecule has 0 atom stereocenters. The number of rotatable bonds is 7. The van der Waals surface area contributed by atoms with Crippen LogP contribution in [0.3, 0.4) is 0 Å². The number of nitrogens with one attached hydrogen (secondary N) is 1. The number of sulfonamides is 1. The maximum absolute atomic E-state index is 13.3. The van der Waals surface area contributed by atoms with E-state index in [1.54, 1.807) is 48.5 Å². The first-order chi connectivity index (χ1) is 16.6. The molecule has 10 heteroatoms. The zero-order valence-corrected chi connectivity index (χ0v) is 22.0. The molecule has 35 heavy (non-hydrogen) atoms. The molecule has 4 rings (SSSR count). The average Bonchev–Trinajstić information content (AvgIpc) is 3.36. The van der Waals surface area contributed by atoms with Gasteiger partial charge in [-0.3, -0.25) is 4.72 Å². The van der Waals surface area contributed by atoms with E-state index in [0.717, 1.165) is 10.4 Å². The first-order valence-corrected chi connectivity index (χ1v) is 13.4. The number of benzene rings is 2. The second kappa shape index (κ2) is 9.85. The smallest absolute Gasteiger partial charge is 0.263 e. The summed E-state index contributed by atoms with van der Waals surface area (Å²) in [6, 6.07) is 17.3. The lowest BCUT2D eigenvalue weighted by atomic mass is 9.87. The fraction of sp³-hybridized carbons (Fsp3) is 0.200. The van der Waals surface area contributed by atoms with Crippen molar-refractivity contribution in [3.8, 4) is 28.0 Å². The summed E-state index contributed by atoms with van der Waals surface area (Å²) in [5.41, 5.74) is 0.906. The number of methoxy groups -OCH3 is 1. The highest BCUT2D eigenvalue weighted by molar-refractivity contribution is 7.92. The van der Waals surface area contributed by atoms with Gasteiger partial charge in [0.1, 0.15) is 0 Å². The van der Waals surface area contributed by atoms with Gasteiger partial charge in [-0.15, -0.1) is 11.3 Å². The van der Waals surface area contributed by atoms with E-state index in [9.17, 15) is 8.42 Å². The number of thiophene rings is 1. The van der Waals surface area contributed by atoms with Crippen molar-refractivity contribution in [1.82, 2.24) is 9.97 Å². The number of para-hydroxylation sites is 2. The molecule has 0 amide bonds. The lowest BCUT2D eigenvalue weighted by molar-refractivity contribution is 0.378. The summed E-state index contributed by atoms with van der Waals surface area (Å²) in [5.74, 6) is 0.931.